The van der Waals surface area contributed by atoms with Crippen LogP contribution in [0.5, 0.6) is 0 Å². The van der Waals surface area contributed by atoms with Crippen LogP contribution in [0.1, 0.15) is 10.4 Å². The lowest BCUT2D eigenvalue weighted by atomic mass is 10.2. The van der Waals surface area contributed by atoms with Gasteiger partial charge in [0, 0.05) is 23.0 Å². The summed E-state index contributed by atoms with van der Waals surface area (Å²) in [6.07, 6.45) is 3.58. The lowest BCUT2D eigenvalue weighted by molar-refractivity contribution is -0.610. The van der Waals surface area contributed by atoms with E-state index in [1.165, 1.54) is 24.5 Å². The number of amides is 2. The van der Waals surface area contributed by atoms with Crippen molar-refractivity contribution >= 4 is 11.9 Å². The van der Waals surface area contributed by atoms with Gasteiger partial charge in [-0.05, 0) is 12.1 Å². The number of benzene rings is 1. The highest BCUT2D eigenvalue weighted by molar-refractivity contribution is 6.03. The number of carbonyl (C=O) groups is 2. The van der Waals surface area contributed by atoms with Crippen molar-refractivity contribution in [3.8, 4) is 0 Å². The summed E-state index contributed by atoms with van der Waals surface area (Å²) in [4.78, 5) is 38.3. The maximum atomic E-state index is 12.0. The lowest BCUT2D eigenvalue weighted by Gasteiger charge is -2.10. The Morgan fingerprint density at radius 2 is 1.95 bits per heavy atom. The van der Waals surface area contributed by atoms with Crippen molar-refractivity contribution in [1.82, 2.24) is 14.6 Å². The number of nitrogens with zero attached hydrogens (tertiary/aromatic N) is 4. The molecule has 8 nitrogen and oxygen atoms in total. The van der Waals surface area contributed by atoms with Gasteiger partial charge in [0.25, 0.3) is 0 Å². The van der Waals surface area contributed by atoms with Crippen LogP contribution in [0.25, 0.3) is 0 Å². The predicted octanol–water partition coefficient (Wildman–Crippen LogP) is 1.19. The van der Waals surface area contributed by atoms with Gasteiger partial charge in [0.05, 0.1) is 0 Å². The third-order valence-corrected chi connectivity index (χ3v) is 2.28. The number of nitro groups is 1. The monoisotopic (exact) mass is 260 g/mol. The van der Waals surface area contributed by atoms with Crippen molar-refractivity contribution in [2.45, 2.75) is 0 Å². The minimum Gasteiger partial charge on any atom is -0.262 e. The first kappa shape index (κ1) is 12.4. The van der Waals surface area contributed by atoms with Gasteiger partial charge in [-0.1, -0.05) is 18.2 Å². The number of imidazole rings is 1. The maximum absolute atomic E-state index is 12.0. The van der Waals surface area contributed by atoms with E-state index in [0.717, 1.165) is 10.9 Å². The van der Waals surface area contributed by atoms with E-state index in [2.05, 4.69) is 4.98 Å². The van der Waals surface area contributed by atoms with Crippen LogP contribution in [0.4, 0.5) is 4.79 Å². The van der Waals surface area contributed by atoms with Crippen molar-refractivity contribution in [2.24, 2.45) is 0 Å². The zero-order valence-electron chi connectivity index (χ0n) is 9.54. The Balaban J connectivity index is 2.34. The van der Waals surface area contributed by atoms with Gasteiger partial charge in [-0.2, -0.15) is 0 Å². The van der Waals surface area contributed by atoms with Crippen molar-refractivity contribution in [1.29, 1.82) is 0 Å². The molecule has 1 aromatic heterocycles. The molecular formula is C11H8N4O4. The summed E-state index contributed by atoms with van der Waals surface area (Å²) in [6, 6.07) is 6.43. The number of imide groups is 1. The number of hydrogen-bond acceptors (Lipinski definition) is 5. The van der Waals surface area contributed by atoms with Crippen molar-refractivity contribution in [3.05, 3.63) is 64.7 Å². The van der Waals surface area contributed by atoms with Crippen LogP contribution in [-0.2, 0) is 0 Å². The van der Waals surface area contributed by atoms with Gasteiger partial charge in [-0.25, -0.2) is 19.9 Å². The standard InChI is InChI=1S/C11H8N4O4/c16-10(9-4-2-1-3-5-9)14(15(18)19)11(17)13-7-6-12-8-13/h1-8H. The molecule has 19 heavy (non-hydrogen) atoms. The second kappa shape index (κ2) is 5.08. The fourth-order valence-electron chi connectivity index (χ4n) is 1.42. The third kappa shape index (κ3) is 2.46. The quantitative estimate of drug-likeness (QED) is 0.596. The Hall–Kier alpha value is -3.03. The van der Waals surface area contributed by atoms with Crippen LogP contribution in [0.15, 0.2) is 49.1 Å². The highest BCUT2D eigenvalue weighted by Gasteiger charge is 2.34. The fraction of sp³-hybridized carbons (Fsp3) is 0. The van der Waals surface area contributed by atoms with Gasteiger partial charge in [-0.3, -0.25) is 9.36 Å². The van der Waals surface area contributed by atoms with Gasteiger partial charge in [0.15, 0.2) is 5.03 Å². The summed E-state index contributed by atoms with van der Waals surface area (Å²) in [5, 5.41) is 9.79. The van der Waals surface area contributed by atoms with Crippen LogP contribution in [0.2, 0.25) is 0 Å². The third-order valence-electron chi connectivity index (χ3n) is 2.28. The first-order valence-corrected chi connectivity index (χ1v) is 5.17. The van der Waals surface area contributed by atoms with Crippen LogP contribution in [-0.4, -0.2) is 31.5 Å². The molecule has 0 atom stereocenters. The largest absolute Gasteiger partial charge is 0.397 e. The van der Waals surface area contributed by atoms with E-state index in [0.29, 0.717) is 0 Å². The molecule has 1 aromatic carbocycles. The second-order valence-electron chi connectivity index (χ2n) is 3.47. The summed E-state index contributed by atoms with van der Waals surface area (Å²) >= 11 is 0. The fourth-order valence-corrected chi connectivity index (χ4v) is 1.42. The molecule has 0 saturated heterocycles. The maximum Gasteiger partial charge on any atom is 0.397 e. The van der Waals surface area contributed by atoms with E-state index in [-0.39, 0.29) is 10.6 Å². The van der Waals surface area contributed by atoms with Crippen LogP contribution >= 0.6 is 0 Å². The molecule has 0 unspecified atom stereocenters. The number of rotatable bonds is 2. The molecule has 1 heterocycles. The van der Waals surface area contributed by atoms with Crippen LogP contribution < -0.4 is 0 Å². The molecule has 0 fully saturated rings. The summed E-state index contributed by atoms with van der Waals surface area (Å²) in [5.74, 6) is -1.01. The Morgan fingerprint density at radius 1 is 1.26 bits per heavy atom. The molecule has 2 rings (SSSR count). The molecule has 0 bridgehead atoms. The van der Waals surface area contributed by atoms with Gasteiger partial charge in [-0.15, -0.1) is 0 Å². The number of aromatic nitrogens is 2. The molecule has 0 radical (unpaired) electrons. The molecule has 0 aliphatic rings. The molecule has 0 aliphatic carbocycles. The molecular weight excluding hydrogens is 252 g/mol. The SMILES string of the molecule is O=C(c1ccccc1)N(C(=O)n1ccnc1)[N+](=O)[O-]. The zero-order chi connectivity index (χ0) is 13.8. The van der Waals surface area contributed by atoms with Gasteiger partial charge < -0.3 is 0 Å². The van der Waals surface area contributed by atoms with Crippen LogP contribution in [0.3, 0.4) is 0 Å². The molecule has 0 N–H and O–H groups in total. The summed E-state index contributed by atoms with van der Waals surface area (Å²) < 4.78 is 0.851. The number of hydrogen-bond donors (Lipinski definition) is 0. The first-order chi connectivity index (χ1) is 9.11. The van der Waals surface area contributed by atoms with E-state index in [1.54, 1.807) is 18.2 Å². The Labute approximate surface area is 107 Å². The highest BCUT2D eigenvalue weighted by Crippen LogP contribution is 2.07. The molecule has 2 amide bonds. The minimum absolute atomic E-state index is 0.0488. The van der Waals surface area contributed by atoms with Gasteiger partial charge in [0.2, 0.25) is 0 Å². The summed E-state index contributed by atoms with van der Waals surface area (Å²) in [7, 11) is 0. The number of carbonyl (C=O) groups excluding carboxylic acids is 2. The summed E-state index contributed by atoms with van der Waals surface area (Å²) in [6.45, 7) is 0. The molecule has 96 valence electrons. The van der Waals surface area contributed by atoms with Gasteiger partial charge >= 0.3 is 11.9 Å². The van der Waals surface area contributed by atoms with E-state index in [9.17, 15) is 19.7 Å². The Morgan fingerprint density at radius 3 is 2.47 bits per heavy atom. The molecule has 8 heteroatoms. The average Bonchev–Trinajstić information content (AvgIpc) is 2.93. The summed E-state index contributed by atoms with van der Waals surface area (Å²) in [5.41, 5.74) is 0.0488. The van der Waals surface area contributed by atoms with Gasteiger partial charge in [0.1, 0.15) is 6.33 Å². The van der Waals surface area contributed by atoms with Crippen molar-refractivity contribution in [2.75, 3.05) is 0 Å². The van der Waals surface area contributed by atoms with E-state index in [1.807, 2.05) is 0 Å². The van der Waals surface area contributed by atoms with E-state index < -0.39 is 17.0 Å². The topological polar surface area (TPSA) is 98.3 Å². The molecule has 2 aromatic rings. The van der Waals surface area contributed by atoms with E-state index >= 15 is 0 Å². The normalized spacial score (nSPS) is 9.89. The lowest BCUT2D eigenvalue weighted by Crippen LogP contribution is -2.43. The Bertz CT molecular complexity index is 609. The second-order valence-corrected chi connectivity index (χ2v) is 3.47. The van der Waals surface area contributed by atoms with Crippen molar-refractivity contribution in [3.63, 3.8) is 0 Å². The average molecular weight is 260 g/mol. The molecule has 0 aliphatic heterocycles. The number of hydrazine groups is 1. The van der Waals surface area contributed by atoms with Crippen molar-refractivity contribution < 1.29 is 14.6 Å². The minimum atomic E-state index is -1.10. The predicted molar refractivity (Wildman–Crippen MR) is 62.6 cm³/mol. The zero-order valence-corrected chi connectivity index (χ0v) is 9.54. The van der Waals surface area contributed by atoms with Crippen LogP contribution in [0, 0.1) is 10.1 Å². The highest BCUT2D eigenvalue weighted by atomic mass is 16.7. The molecule has 0 spiro atoms. The Kier molecular flexibility index (Phi) is 3.33. The van der Waals surface area contributed by atoms with E-state index in [4.69, 9.17) is 0 Å². The first-order valence-electron chi connectivity index (χ1n) is 5.17. The molecule has 0 saturated carbocycles. The smallest absolute Gasteiger partial charge is 0.262 e.